The van der Waals surface area contributed by atoms with Crippen LogP contribution in [0.2, 0.25) is 0 Å². The molecule has 0 aliphatic rings. The summed E-state index contributed by atoms with van der Waals surface area (Å²) in [5.41, 5.74) is 0.916. The van der Waals surface area contributed by atoms with E-state index in [-0.39, 0.29) is 17.6 Å². The molecule has 1 aromatic heterocycles. The average Bonchev–Trinajstić information content (AvgIpc) is 2.64. The van der Waals surface area contributed by atoms with Gasteiger partial charge in [0.15, 0.2) is 4.80 Å². The maximum absolute atomic E-state index is 13.2. The normalized spacial score (nSPS) is 12.6. The lowest BCUT2D eigenvalue weighted by Gasteiger charge is -2.00. The van der Waals surface area contributed by atoms with Gasteiger partial charge in [-0.05, 0) is 25.1 Å². The van der Waals surface area contributed by atoms with Crippen LogP contribution in [-0.4, -0.2) is 10.5 Å². The van der Waals surface area contributed by atoms with Crippen LogP contribution in [0.15, 0.2) is 23.2 Å². The molecule has 0 fully saturated rings. The van der Waals surface area contributed by atoms with Crippen molar-refractivity contribution in [2.24, 2.45) is 10.9 Å². The van der Waals surface area contributed by atoms with E-state index in [4.69, 9.17) is 0 Å². The predicted octanol–water partition coefficient (Wildman–Crippen LogP) is 2.95. The summed E-state index contributed by atoms with van der Waals surface area (Å²) in [6.07, 6.45) is 0. The van der Waals surface area contributed by atoms with E-state index in [1.807, 2.05) is 25.3 Å². The second-order valence-electron chi connectivity index (χ2n) is 4.35. The van der Waals surface area contributed by atoms with Gasteiger partial charge in [0.25, 0.3) is 5.91 Å². The Kier molecular flexibility index (Phi) is 3.61. The number of fused-ring (bicyclic) bond motifs is 1. The monoisotopic (exact) mass is 266 g/mol. The Morgan fingerprint density at radius 1 is 1.50 bits per heavy atom. The summed E-state index contributed by atoms with van der Waals surface area (Å²) in [7, 11) is 0. The molecule has 3 nitrogen and oxygen atoms in total. The molecular formula is C13H15FN2OS. The number of amides is 1. The van der Waals surface area contributed by atoms with E-state index in [0.717, 1.165) is 10.2 Å². The average molecular weight is 266 g/mol. The fraction of sp³-hybridized carbons (Fsp3) is 0.385. The van der Waals surface area contributed by atoms with Gasteiger partial charge >= 0.3 is 0 Å². The summed E-state index contributed by atoms with van der Waals surface area (Å²) < 4.78 is 15.9. The molecule has 0 unspecified atom stereocenters. The lowest BCUT2D eigenvalue weighted by Crippen LogP contribution is -2.17. The minimum absolute atomic E-state index is 0.128. The highest BCUT2D eigenvalue weighted by Gasteiger charge is 2.09. The summed E-state index contributed by atoms with van der Waals surface area (Å²) in [6.45, 7) is 6.31. The summed E-state index contributed by atoms with van der Waals surface area (Å²) in [5.74, 6) is -0.546. The maximum Gasteiger partial charge on any atom is 0.250 e. The van der Waals surface area contributed by atoms with Crippen LogP contribution in [-0.2, 0) is 11.3 Å². The number of hydrogen-bond donors (Lipinski definition) is 0. The number of carbonyl (C=O) groups is 1. The molecule has 0 saturated heterocycles. The van der Waals surface area contributed by atoms with Crippen LogP contribution in [0.5, 0.6) is 0 Å². The zero-order chi connectivity index (χ0) is 13.3. The fourth-order valence-electron chi connectivity index (χ4n) is 1.66. The number of benzene rings is 1. The molecule has 0 bridgehead atoms. The minimum atomic E-state index is -0.270. The van der Waals surface area contributed by atoms with E-state index < -0.39 is 0 Å². The number of halogens is 1. The van der Waals surface area contributed by atoms with Crippen molar-refractivity contribution in [3.05, 3.63) is 28.8 Å². The minimum Gasteiger partial charge on any atom is -0.317 e. The number of aryl methyl sites for hydroxylation is 1. The molecule has 0 N–H and O–H groups in total. The standard InChI is InChI=1S/C13H15FN2OS/c1-4-16-10-6-5-9(14)7-11(10)18-13(16)15-12(17)8(2)3/h5-8H,4H2,1-3H3. The third-order valence-electron chi connectivity index (χ3n) is 2.66. The van der Waals surface area contributed by atoms with E-state index in [9.17, 15) is 9.18 Å². The van der Waals surface area contributed by atoms with Crippen LogP contribution in [0, 0.1) is 11.7 Å². The van der Waals surface area contributed by atoms with E-state index in [1.165, 1.54) is 23.5 Å². The molecule has 1 aromatic carbocycles. The Hall–Kier alpha value is -1.49. The first-order valence-corrected chi connectivity index (χ1v) is 6.72. The molecule has 2 rings (SSSR count). The molecule has 18 heavy (non-hydrogen) atoms. The Bertz CT molecular complexity index is 655. The van der Waals surface area contributed by atoms with Crippen molar-refractivity contribution in [2.75, 3.05) is 0 Å². The molecule has 2 aromatic rings. The van der Waals surface area contributed by atoms with Crippen LogP contribution < -0.4 is 4.80 Å². The molecule has 0 radical (unpaired) electrons. The van der Waals surface area contributed by atoms with Gasteiger partial charge in [-0.2, -0.15) is 4.99 Å². The second kappa shape index (κ2) is 5.02. The van der Waals surface area contributed by atoms with Crippen molar-refractivity contribution in [3.8, 4) is 0 Å². The van der Waals surface area contributed by atoms with Gasteiger partial charge in [-0.15, -0.1) is 0 Å². The third kappa shape index (κ3) is 2.36. The Morgan fingerprint density at radius 2 is 2.22 bits per heavy atom. The zero-order valence-electron chi connectivity index (χ0n) is 10.6. The van der Waals surface area contributed by atoms with Gasteiger partial charge in [-0.25, -0.2) is 4.39 Å². The van der Waals surface area contributed by atoms with Gasteiger partial charge in [0.05, 0.1) is 10.2 Å². The van der Waals surface area contributed by atoms with Crippen LogP contribution in [0.4, 0.5) is 4.39 Å². The topological polar surface area (TPSA) is 34.4 Å². The van der Waals surface area contributed by atoms with E-state index in [1.54, 1.807) is 6.07 Å². The second-order valence-corrected chi connectivity index (χ2v) is 5.35. The fourth-order valence-corrected chi connectivity index (χ4v) is 2.79. The van der Waals surface area contributed by atoms with Crippen molar-refractivity contribution >= 4 is 27.5 Å². The van der Waals surface area contributed by atoms with Crippen LogP contribution in [0.1, 0.15) is 20.8 Å². The maximum atomic E-state index is 13.2. The smallest absolute Gasteiger partial charge is 0.250 e. The molecule has 96 valence electrons. The van der Waals surface area contributed by atoms with Crippen molar-refractivity contribution in [1.82, 2.24) is 4.57 Å². The lowest BCUT2D eigenvalue weighted by atomic mass is 10.2. The third-order valence-corrected chi connectivity index (χ3v) is 3.70. The molecule has 0 atom stereocenters. The van der Waals surface area contributed by atoms with Crippen LogP contribution in [0.3, 0.4) is 0 Å². The molecule has 0 spiro atoms. The highest BCUT2D eigenvalue weighted by molar-refractivity contribution is 7.16. The Morgan fingerprint density at radius 3 is 2.83 bits per heavy atom. The highest BCUT2D eigenvalue weighted by Crippen LogP contribution is 2.18. The van der Waals surface area contributed by atoms with Gasteiger partial charge in [0.1, 0.15) is 5.82 Å². The van der Waals surface area contributed by atoms with Crippen molar-refractivity contribution < 1.29 is 9.18 Å². The van der Waals surface area contributed by atoms with E-state index in [0.29, 0.717) is 11.3 Å². The summed E-state index contributed by atoms with van der Waals surface area (Å²) in [5, 5.41) is 0. The summed E-state index contributed by atoms with van der Waals surface area (Å²) in [6, 6.07) is 4.63. The molecule has 0 saturated carbocycles. The molecule has 5 heteroatoms. The van der Waals surface area contributed by atoms with Crippen molar-refractivity contribution in [2.45, 2.75) is 27.3 Å². The van der Waals surface area contributed by atoms with Gasteiger partial charge in [0.2, 0.25) is 0 Å². The number of aromatic nitrogens is 1. The van der Waals surface area contributed by atoms with Crippen LogP contribution in [0.25, 0.3) is 10.2 Å². The van der Waals surface area contributed by atoms with Gasteiger partial charge in [-0.1, -0.05) is 25.2 Å². The molecule has 1 heterocycles. The predicted molar refractivity (Wildman–Crippen MR) is 70.9 cm³/mol. The molecule has 0 aliphatic heterocycles. The SMILES string of the molecule is CCn1c(=NC(=O)C(C)C)sc2cc(F)ccc21. The van der Waals surface area contributed by atoms with Crippen molar-refractivity contribution in [1.29, 1.82) is 0 Å². The number of nitrogens with zero attached hydrogens (tertiary/aromatic N) is 2. The van der Waals surface area contributed by atoms with E-state index in [2.05, 4.69) is 4.99 Å². The zero-order valence-corrected chi connectivity index (χ0v) is 11.4. The molecular weight excluding hydrogens is 251 g/mol. The number of rotatable bonds is 2. The van der Waals surface area contributed by atoms with E-state index >= 15 is 0 Å². The first-order valence-electron chi connectivity index (χ1n) is 5.90. The molecule has 1 amide bonds. The highest BCUT2D eigenvalue weighted by atomic mass is 32.1. The summed E-state index contributed by atoms with van der Waals surface area (Å²) in [4.78, 5) is 16.4. The Balaban J connectivity index is 2.68. The van der Waals surface area contributed by atoms with Gasteiger partial charge in [-0.3, -0.25) is 4.79 Å². The largest absolute Gasteiger partial charge is 0.317 e. The van der Waals surface area contributed by atoms with Gasteiger partial charge < -0.3 is 4.57 Å². The number of hydrogen-bond acceptors (Lipinski definition) is 2. The first-order chi connectivity index (χ1) is 8.52. The van der Waals surface area contributed by atoms with Gasteiger partial charge in [0, 0.05) is 12.5 Å². The first kappa shape index (κ1) is 13.0. The molecule has 0 aliphatic carbocycles. The quantitative estimate of drug-likeness (QED) is 0.823. The number of carbonyl (C=O) groups excluding carboxylic acids is 1. The Labute approximate surface area is 109 Å². The van der Waals surface area contributed by atoms with Crippen molar-refractivity contribution in [3.63, 3.8) is 0 Å². The lowest BCUT2D eigenvalue weighted by molar-refractivity contribution is -0.120. The number of thiazole rings is 1. The van der Waals surface area contributed by atoms with Crippen LogP contribution >= 0.6 is 11.3 Å². The summed E-state index contributed by atoms with van der Waals surface area (Å²) >= 11 is 1.34.